The van der Waals surface area contributed by atoms with Gasteiger partial charge in [-0.15, -0.1) is 0 Å². The Morgan fingerprint density at radius 1 is 0.886 bits per heavy atom. The zero-order valence-corrected chi connectivity index (χ0v) is 22.9. The van der Waals surface area contributed by atoms with Crippen LogP contribution in [0.5, 0.6) is 0 Å². The summed E-state index contributed by atoms with van der Waals surface area (Å²) in [6, 6.07) is 0. The van der Waals surface area contributed by atoms with Crippen molar-refractivity contribution < 1.29 is 38.5 Å². The first-order chi connectivity index (χ1) is 16.3. The van der Waals surface area contributed by atoms with E-state index in [1.165, 1.54) is 14.0 Å². The molecule has 35 heavy (non-hydrogen) atoms. The molecule has 0 spiro atoms. The number of unbranched alkanes of at least 4 members (excludes halogenated alkanes) is 3. The van der Waals surface area contributed by atoms with Gasteiger partial charge in [-0.25, -0.2) is 0 Å². The lowest BCUT2D eigenvalue weighted by molar-refractivity contribution is -0.319. The number of carbonyl (C=O) groups is 4. The summed E-state index contributed by atoms with van der Waals surface area (Å²) < 4.78 is 15.6. The predicted octanol–water partition coefficient (Wildman–Crippen LogP) is 4.51. The molecule has 8 nitrogen and oxygen atoms in total. The third-order valence-electron chi connectivity index (χ3n) is 6.07. The van der Waals surface area contributed by atoms with Crippen LogP contribution in [0.3, 0.4) is 0 Å². The van der Waals surface area contributed by atoms with Gasteiger partial charge in [-0.2, -0.15) is 0 Å². The van der Waals surface area contributed by atoms with Crippen LogP contribution >= 0.6 is 0 Å². The van der Waals surface area contributed by atoms with Gasteiger partial charge in [0, 0.05) is 13.3 Å². The highest BCUT2D eigenvalue weighted by molar-refractivity contribution is 5.98. The Morgan fingerprint density at radius 3 is 1.97 bits per heavy atom. The summed E-state index contributed by atoms with van der Waals surface area (Å²) in [7, 11) is 1.35. The number of ether oxygens (including phenoxy) is 3. The van der Waals surface area contributed by atoms with Crippen molar-refractivity contribution in [3.63, 3.8) is 0 Å². The molecule has 3 atom stereocenters. The molecule has 0 saturated heterocycles. The third-order valence-corrected chi connectivity index (χ3v) is 6.07. The second-order valence-corrected chi connectivity index (χ2v) is 10.6. The Kier molecular flexibility index (Phi) is 15.5. The average Bonchev–Trinajstić information content (AvgIpc) is 2.73. The summed E-state index contributed by atoms with van der Waals surface area (Å²) in [4.78, 5) is 48.4. The van der Waals surface area contributed by atoms with Crippen molar-refractivity contribution in [2.24, 2.45) is 11.3 Å². The fourth-order valence-corrected chi connectivity index (χ4v) is 4.13. The number of carboxylic acids is 1. The number of methoxy groups -OCH3 is 1. The van der Waals surface area contributed by atoms with Crippen LogP contribution in [0.4, 0.5) is 0 Å². The molecule has 0 amide bonds. The van der Waals surface area contributed by atoms with Crippen molar-refractivity contribution in [2.75, 3.05) is 7.11 Å². The SMILES string of the molecule is CCCCCC(CCCC(CCCCC(C)CC(=O)OC)(C(=O)[O-])C(=O)OC(C)(C)C)OC(C)=O. The molecule has 0 aliphatic heterocycles. The molecule has 204 valence electrons. The van der Waals surface area contributed by atoms with E-state index in [0.717, 1.165) is 19.3 Å². The minimum atomic E-state index is -1.77. The summed E-state index contributed by atoms with van der Waals surface area (Å²) in [5, 5.41) is 12.4. The lowest BCUT2D eigenvalue weighted by Crippen LogP contribution is -2.50. The quantitative estimate of drug-likeness (QED) is 0.117. The van der Waals surface area contributed by atoms with Gasteiger partial charge in [0.2, 0.25) is 0 Å². The van der Waals surface area contributed by atoms with Gasteiger partial charge in [0.1, 0.15) is 17.1 Å². The fraction of sp³-hybridized carbons (Fsp3) is 0.852. The first-order valence-electron chi connectivity index (χ1n) is 13.0. The third kappa shape index (κ3) is 14.1. The molecular weight excluding hydrogens is 452 g/mol. The largest absolute Gasteiger partial charge is 0.549 e. The maximum Gasteiger partial charge on any atom is 0.318 e. The molecule has 0 radical (unpaired) electrons. The number of aliphatic carboxylic acids is 1. The highest BCUT2D eigenvalue weighted by Crippen LogP contribution is 2.35. The highest BCUT2D eigenvalue weighted by atomic mass is 16.6. The van der Waals surface area contributed by atoms with E-state index in [2.05, 4.69) is 6.92 Å². The van der Waals surface area contributed by atoms with Crippen molar-refractivity contribution in [3.8, 4) is 0 Å². The molecule has 3 unspecified atom stereocenters. The van der Waals surface area contributed by atoms with Gasteiger partial charge < -0.3 is 24.1 Å². The number of hydrogen-bond donors (Lipinski definition) is 0. The van der Waals surface area contributed by atoms with Crippen LogP contribution in [0.2, 0.25) is 0 Å². The Balaban J connectivity index is 5.35. The summed E-state index contributed by atoms with van der Waals surface area (Å²) in [6.07, 6.45) is 6.49. The number of hydrogen-bond acceptors (Lipinski definition) is 8. The van der Waals surface area contributed by atoms with E-state index in [0.29, 0.717) is 44.9 Å². The van der Waals surface area contributed by atoms with Gasteiger partial charge >= 0.3 is 17.9 Å². The molecule has 0 bridgehead atoms. The van der Waals surface area contributed by atoms with E-state index in [1.54, 1.807) is 20.8 Å². The molecule has 0 aromatic rings. The molecule has 0 rings (SSSR count). The smallest absolute Gasteiger partial charge is 0.318 e. The van der Waals surface area contributed by atoms with Gasteiger partial charge in [0.05, 0.1) is 13.1 Å². The van der Waals surface area contributed by atoms with Crippen molar-refractivity contribution in [3.05, 3.63) is 0 Å². The van der Waals surface area contributed by atoms with Crippen LogP contribution in [-0.4, -0.2) is 42.7 Å². The standard InChI is InChI=1S/C27H48O8/c1-8-9-10-15-22(34-21(3)28)16-13-18-27(24(30)31,25(32)35-26(4,5)6)17-12-11-14-20(2)19-23(29)33-7/h20,22H,8-19H2,1-7H3,(H,30,31)/p-1. The monoisotopic (exact) mass is 499 g/mol. The highest BCUT2D eigenvalue weighted by Gasteiger charge is 2.42. The Labute approximate surface area is 211 Å². The minimum absolute atomic E-state index is 0.0491. The summed E-state index contributed by atoms with van der Waals surface area (Å²) in [6.45, 7) is 10.5. The number of esters is 3. The van der Waals surface area contributed by atoms with E-state index < -0.39 is 23.0 Å². The summed E-state index contributed by atoms with van der Waals surface area (Å²) >= 11 is 0. The molecule has 8 heteroatoms. The Hall–Kier alpha value is -2.12. The zero-order chi connectivity index (χ0) is 27.1. The predicted molar refractivity (Wildman–Crippen MR) is 131 cm³/mol. The molecule has 0 fully saturated rings. The second-order valence-electron chi connectivity index (χ2n) is 10.6. The lowest BCUT2D eigenvalue weighted by atomic mass is 9.77. The Morgan fingerprint density at radius 2 is 1.46 bits per heavy atom. The first kappa shape index (κ1) is 32.9. The van der Waals surface area contributed by atoms with E-state index in [9.17, 15) is 24.3 Å². The summed E-state index contributed by atoms with van der Waals surface area (Å²) in [5.74, 6) is -2.79. The van der Waals surface area contributed by atoms with E-state index in [-0.39, 0.29) is 36.8 Å². The van der Waals surface area contributed by atoms with Crippen molar-refractivity contribution in [2.45, 2.75) is 130 Å². The molecule has 0 heterocycles. The van der Waals surface area contributed by atoms with Crippen LogP contribution in [-0.2, 0) is 33.4 Å². The van der Waals surface area contributed by atoms with Gasteiger partial charge in [0.15, 0.2) is 0 Å². The van der Waals surface area contributed by atoms with E-state index >= 15 is 0 Å². The van der Waals surface area contributed by atoms with Crippen LogP contribution < -0.4 is 5.11 Å². The molecule has 0 saturated carbocycles. The molecule has 0 aromatic heterocycles. The van der Waals surface area contributed by atoms with E-state index in [1.807, 2.05) is 6.92 Å². The van der Waals surface area contributed by atoms with Gasteiger partial charge in [-0.3, -0.25) is 14.4 Å². The van der Waals surface area contributed by atoms with Gasteiger partial charge in [0.25, 0.3) is 0 Å². The average molecular weight is 500 g/mol. The topological polar surface area (TPSA) is 119 Å². The maximum absolute atomic E-state index is 13.1. The zero-order valence-electron chi connectivity index (χ0n) is 22.9. The normalized spacial score (nSPS) is 14.9. The van der Waals surface area contributed by atoms with Crippen LogP contribution in [0, 0.1) is 11.3 Å². The second kappa shape index (κ2) is 16.5. The molecule has 0 N–H and O–H groups in total. The fourth-order valence-electron chi connectivity index (χ4n) is 4.13. The molecule has 0 aromatic carbocycles. The first-order valence-corrected chi connectivity index (χ1v) is 13.0. The molecular formula is C27H47O8-. The molecule has 0 aliphatic rings. The maximum atomic E-state index is 13.1. The summed E-state index contributed by atoms with van der Waals surface area (Å²) in [5.41, 5.74) is -2.61. The Bertz CT molecular complexity index is 667. The number of carbonyl (C=O) groups excluding carboxylic acids is 4. The van der Waals surface area contributed by atoms with Crippen LogP contribution in [0.1, 0.15) is 119 Å². The molecule has 0 aliphatic carbocycles. The lowest BCUT2D eigenvalue weighted by Gasteiger charge is -2.36. The van der Waals surface area contributed by atoms with Gasteiger partial charge in [-0.05, 0) is 65.2 Å². The van der Waals surface area contributed by atoms with Crippen molar-refractivity contribution in [1.29, 1.82) is 0 Å². The van der Waals surface area contributed by atoms with Crippen molar-refractivity contribution >= 4 is 23.9 Å². The number of carboxylic acid groups (broad SMARTS) is 1. The van der Waals surface area contributed by atoms with Crippen LogP contribution in [0.15, 0.2) is 0 Å². The minimum Gasteiger partial charge on any atom is -0.549 e. The van der Waals surface area contributed by atoms with E-state index in [4.69, 9.17) is 14.2 Å². The van der Waals surface area contributed by atoms with Crippen molar-refractivity contribution in [1.82, 2.24) is 0 Å². The number of rotatable bonds is 18. The van der Waals surface area contributed by atoms with Crippen LogP contribution in [0.25, 0.3) is 0 Å². The van der Waals surface area contributed by atoms with Gasteiger partial charge in [-0.1, -0.05) is 46.0 Å².